The molecule has 0 saturated carbocycles. The Hall–Kier alpha value is -1.53. The molecule has 3 aromatic rings. The topological polar surface area (TPSA) is 50.7 Å². The lowest BCUT2D eigenvalue weighted by molar-refractivity contribution is 1.09. The minimum Gasteiger partial charge on any atom is -0.377 e. The molecular weight excluding hydrogens is 336 g/mol. The number of hydrogen-bond acceptors (Lipinski definition) is 5. The van der Waals surface area contributed by atoms with E-state index in [9.17, 15) is 0 Å². The summed E-state index contributed by atoms with van der Waals surface area (Å²) in [6, 6.07) is 3.91. The Balaban J connectivity index is 1.83. The minimum absolute atomic E-state index is 0.710. The fraction of sp³-hybridized carbons (Fsp3) is 0.214. The highest BCUT2D eigenvalue weighted by molar-refractivity contribution is 9.10. The Bertz CT molecular complexity index is 741. The number of pyridine rings is 2. The monoisotopic (exact) mass is 348 g/mol. The number of anilines is 1. The van der Waals surface area contributed by atoms with Crippen LogP contribution >= 0.6 is 27.3 Å². The molecule has 3 aromatic heterocycles. The van der Waals surface area contributed by atoms with E-state index in [2.05, 4.69) is 43.1 Å². The van der Waals surface area contributed by atoms with Gasteiger partial charge in [0.25, 0.3) is 0 Å². The Morgan fingerprint density at radius 2 is 2.15 bits per heavy atom. The third-order valence-electron chi connectivity index (χ3n) is 2.92. The van der Waals surface area contributed by atoms with Crippen molar-refractivity contribution in [1.29, 1.82) is 0 Å². The number of hydrogen-bond donors (Lipinski definition) is 1. The van der Waals surface area contributed by atoms with Crippen LogP contribution in [0.15, 0.2) is 35.2 Å². The van der Waals surface area contributed by atoms with Crippen LogP contribution in [0.1, 0.15) is 16.8 Å². The lowest BCUT2D eigenvalue weighted by Gasteiger charge is -2.07. The molecule has 0 saturated heterocycles. The maximum absolute atomic E-state index is 4.43. The van der Waals surface area contributed by atoms with Gasteiger partial charge in [0, 0.05) is 27.9 Å². The van der Waals surface area contributed by atoms with Crippen molar-refractivity contribution in [3.63, 3.8) is 0 Å². The molecule has 6 heteroatoms. The number of aryl methyl sites for hydroxylation is 1. The van der Waals surface area contributed by atoms with E-state index in [0.29, 0.717) is 6.54 Å². The zero-order valence-electron chi connectivity index (χ0n) is 10.9. The van der Waals surface area contributed by atoms with Crippen LogP contribution < -0.4 is 5.32 Å². The first-order valence-corrected chi connectivity index (χ1v) is 7.95. The third-order valence-corrected chi connectivity index (χ3v) is 4.50. The quantitative estimate of drug-likeness (QED) is 0.773. The number of halogens is 1. The number of fused-ring (bicyclic) bond motifs is 1. The van der Waals surface area contributed by atoms with E-state index in [1.165, 1.54) is 4.88 Å². The highest BCUT2D eigenvalue weighted by Gasteiger charge is 2.05. The van der Waals surface area contributed by atoms with E-state index in [1.54, 1.807) is 23.7 Å². The van der Waals surface area contributed by atoms with E-state index >= 15 is 0 Å². The molecule has 102 valence electrons. The van der Waals surface area contributed by atoms with Gasteiger partial charge in [0.2, 0.25) is 0 Å². The maximum Gasteiger partial charge on any atom is 0.112 e. The van der Waals surface area contributed by atoms with E-state index in [1.807, 2.05) is 18.3 Å². The maximum atomic E-state index is 4.43. The molecule has 0 bridgehead atoms. The van der Waals surface area contributed by atoms with Crippen molar-refractivity contribution < 1.29 is 0 Å². The van der Waals surface area contributed by atoms with Gasteiger partial charge < -0.3 is 5.32 Å². The van der Waals surface area contributed by atoms with Gasteiger partial charge in [0.15, 0.2) is 0 Å². The van der Waals surface area contributed by atoms with E-state index in [0.717, 1.165) is 32.6 Å². The molecule has 0 spiro atoms. The van der Waals surface area contributed by atoms with Gasteiger partial charge in [-0.15, -0.1) is 11.3 Å². The summed E-state index contributed by atoms with van der Waals surface area (Å²) in [5.41, 5.74) is 2.73. The van der Waals surface area contributed by atoms with Gasteiger partial charge in [-0.25, -0.2) is 4.98 Å². The van der Waals surface area contributed by atoms with Crippen molar-refractivity contribution >= 4 is 44.0 Å². The average molecular weight is 349 g/mol. The van der Waals surface area contributed by atoms with Gasteiger partial charge in [0.05, 0.1) is 17.7 Å². The summed E-state index contributed by atoms with van der Waals surface area (Å²) >= 11 is 5.15. The van der Waals surface area contributed by atoms with Crippen molar-refractivity contribution in [3.8, 4) is 0 Å². The van der Waals surface area contributed by atoms with Crippen LogP contribution in [0.5, 0.6) is 0 Å². The first-order valence-electron chi connectivity index (χ1n) is 6.34. The average Bonchev–Trinajstić information content (AvgIpc) is 2.92. The van der Waals surface area contributed by atoms with Crippen molar-refractivity contribution in [2.24, 2.45) is 0 Å². The molecule has 0 atom stereocenters. The Labute approximate surface area is 129 Å². The van der Waals surface area contributed by atoms with E-state index in [-0.39, 0.29) is 0 Å². The first-order chi connectivity index (χ1) is 9.76. The Morgan fingerprint density at radius 3 is 2.95 bits per heavy atom. The summed E-state index contributed by atoms with van der Waals surface area (Å²) in [6.45, 7) is 2.85. The smallest absolute Gasteiger partial charge is 0.112 e. The van der Waals surface area contributed by atoms with Crippen molar-refractivity contribution in [2.45, 2.75) is 19.9 Å². The molecule has 1 N–H and O–H groups in total. The lowest BCUT2D eigenvalue weighted by atomic mass is 10.3. The summed E-state index contributed by atoms with van der Waals surface area (Å²) in [4.78, 5) is 14.5. The van der Waals surface area contributed by atoms with Crippen LogP contribution in [-0.2, 0) is 13.0 Å². The second-order valence-electron chi connectivity index (χ2n) is 4.31. The molecule has 4 nitrogen and oxygen atoms in total. The third kappa shape index (κ3) is 2.81. The summed E-state index contributed by atoms with van der Waals surface area (Å²) in [5.74, 6) is 0. The van der Waals surface area contributed by atoms with Crippen LogP contribution in [-0.4, -0.2) is 15.0 Å². The Morgan fingerprint density at radius 1 is 1.25 bits per heavy atom. The van der Waals surface area contributed by atoms with Crippen LogP contribution in [0.25, 0.3) is 11.0 Å². The fourth-order valence-electron chi connectivity index (χ4n) is 1.91. The largest absolute Gasteiger partial charge is 0.377 e. The van der Waals surface area contributed by atoms with Gasteiger partial charge in [-0.05, 0) is 34.5 Å². The van der Waals surface area contributed by atoms with Crippen LogP contribution in [0.2, 0.25) is 0 Å². The normalized spacial score (nSPS) is 10.9. The predicted octanol–water partition coefficient (Wildman–Crippen LogP) is 4.02. The van der Waals surface area contributed by atoms with Gasteiger partial charge in [-0.1, -0.05) is 6.92 Å². The fourth-order valence-corrected chi connectivity index (χ4v) is 3.03. The zero-order chi connectivity index (χ0) is 13.9. The van der Waals surface area contributed by atoms with E-state index in [4.69, 9.17) is 0 Å². The van der Waals surface area contributed by atoms with Gasteiger partial charge >= 0.3 is 0 Å². The Kier molecular flexibility index (Phi) is 3.93. The molecule has 0 amide bonds. The van der Waals surface area contributed by atoms with Crippen molar-refractivity contribution in [1.82, 2.24) is 15.0 Å². The molecule has 20 heavy (non-hydrogen) atoms. The summed E-state index contributed by atoms with van der Waals surface area (Å²) in [7, 11) is 0. The molecule has 0 fully saturated rings. The highest BCUT2D eigenvalue weighted by atomic mass is 79.9. The van der Waals surface area contributed by atoms with Crippen molar-refractivity contribution in [2.75, 3.05) is 5.32 Å². The second kappa shape index (κ2) is 5.85. The summed E-state index contributed by atoms with van der Waals surface area (Å²) < 4.78 is 0.933. The molecule has 0 aliphatic rings. The van der Waals surface area contributed by atoms with Crippen molar-refractivity contribution in [3.05, 3.63) is 45.1 Å². The summed E-state index contributed by atoms with van der Waals surface area (Å²) in [5, 5.41) is 4.48. The number of nitrogens with one attached hydrogen (secondary N) is 1. The number of rotatable bonds is 4. The number of aromatic nitrogens is 3. The van der Waals surface area contributed by atoms with Gasteiger partial charge in [-0.2, -0.15) is 0 Å². The highest BCUT2D eigenvalue weighted by Crippen LogP contribution is 2.23. The lowest BCUT2D eigenvalue weighted by Crippen LogP contribution is -2.00. The van der Waals surface area contributed by atoms with Crippen LogP contribution in [0, 0.1) is 0 Å². The van der Waals surface area contributed by atoms with Gasteiger partial charge in [-0.3, -0.25) is 9.97 Å². The number of thiazole rings is 1. The second-order valence-corrected chi connectivity index (χ2v) is 6.42. The predicted molar refractivity (Wildman–Crippen MR) is 86.1 cm³/mol. The molecule has 0 radical (unpaired) electrons. The first kappa shape index (κ1) is 13.5. The SMILES string of the molecule is CCc1cnc(CNc2ccnc3cc(Br)cnc23)s1. The van der Waals surface area contributed by atoms with E-state index < -0.39 is 0 Å². The van der Waals surface area contributed by atoms with Gasteiger partial charge in [0.1, 0.15) is 10.5 Å². The van der Waals surface area contributed by atoms with Crippen LogP contribution in [0.3, 0.4) is 0 Å². The molecule has 3 rings (SSSR count). The minimum atomic E-state index is 0.710. The molecule has 3 heterocycles. The molecule has 0 aromatic carbocycles. The zero-order valence-corrected chi connectivity index (χ0v) is 13.3. The molecule has 0 aliphatic carbocycles. The molecule has 0 aliphatic heterocycles. The molecule has 0 unspecified atom stereocenters. The van der Waals surface area contributed by atoms with Crippen LogP contribution in [0.4, 0.5) is 5.69 Å². The standard InChI is InChI=1S/C14H13BrN4S/c1-2-10-7-18-13(20-10)8-17-11-3-4-16-12-5-9(15)6-19-14(11)12/h3-7H,2,8H2,1H3,(H,16,17). The summed E-state index contributed by atoms with van der Waals surface area (Å²) in [6.07, 6.45) is 6.55. The number of nitrogens with zero attached hydrogens (tertiary/aromatic N) is 3. The molecular formula is C14H13BrN4S.